The number of carbonyl (C=O) groups excluding carboxylic acids is 2. The zero-order chi connectivity index (χ0) is 19.9. The molecule has 0 aliphatic heterocycles. The van der Waals surface area contributed by atoms with Crippen LogP contribution in [0, 0.1) is 0 Å². The lowest BCUT2D eigenvalue weighted by molar-refractivity contribution is 0.0526. The highest BCUT2D eigenvalue weighted by Gasteiger charge is 2.11. The van der Waals surface area contributed by atoms with Crippen LogP contribution in [0.4, 0.5) is 17.1 Å². The van der Waals surface area contributed by atoms with E-state index in [2.05, 4.69) is 10.3 Å². The van der Waals surface area contributed by atoms with Crippen molar-refractivity contribution >= 4 is 28.9 Å². The fourth-order valence-corrected chi connectivity index (χ4v) is 2.62. The Hall–Kier alpha value is -3.67. The summed E-state index contributed by atoms with van der Waals surface area (Å²) in [7, 11) is 1.94. The number of benzene rings is 2. The second kappa shape index (κ2) is 8.81. The molecule has 1 heterocycles. The summed E-state index contributed by atoms with van der Waals surface area (Å²) in [5, 5.41) is 2.77. The van der Waals surface area contributed by atoms with Crippen molar-refractivity contribution < 1.29 is 14.3 Å². The summed E-state index contributed by atoms with van der Waals surface area (Å²) in [5.41, 5.74) is 3.22. The predicted molar refractivity (Wildman–Crippen MR) is 109 cm³/mol. The number of amides is 1. The van der Waals surface area contributed by atoms with Gasteiger partial charge < -0.3 is 15.0 Å². The Balaban J connectivity index is 1.65. The summed E-state index contributed by atoms with van der Waals surface area (Å²) in [6.07, 6.45) is 1.66. The van der Waals surface area contributed by atoms with Gasteiger partial charge in [-0.2, -0.15) is 0 Å². The minimum atomic E-state index is -0.389. The van der Waals surface area contributed by atoms with Crippen LogP contribution < -0.4 is 10.2 Å². The van der Waals surface area contributed by atoms with Crippen molar-refractivity contribution in [2.24, 2.45) is 0 Å². The zero-order valence-corrected chi connectivity index (χ0v) is 15.8. The average molecular weight is 375 g/mol. The Morgan fingerprint density at radius 1 is 0.964 bits per heavy atom. The number of ether oxygens (including phenoxy) is 1. The van der Waals surface area contributed by atoms with Crippen molar-refractivity contribution in [3.63, 3.8) is 0 Å². The number of hydrogen-bond donors (Lipinski definition) is 1. The van der Waals surface area contributed by atoms with E-state index in [1.807, 2.05) is 48.3 Å². The van der Waals surface area contributed by atoms with E-state index in [1.54, 1.807) is 43.5 Å². The largest absolute Gasteiger partial charge is 0.462 e. The van der Waals surface area contributed by atoms with Gasteiger partial charge in [-0.3, -0.25) is 4.79 Å². The first-order chi connectivity index (χ1) is 13.6. The Bertz CT molecular complexity index is 939. The highest BCUT2D eigenvalue weighted by molar-refractivity contribution is 6.03. The third-order valence-corrected chi connectivity index (χ3v) is 4.17. The summed E-state index contributed by atoms with van der Waals surface area (Å²) >= 11 is 0. The molecular formula is C22H21N3O3. The highest BCUT2D eigenvalue weighted by atomic mass is 16.5. The summed E-state index contributed by atoms with van der Waals surface area (Å²) < 4.78 is 4.94. The van der Waals surface area contributed by atoms with Crippen LogP contribution in [0.1, 0.15) is 27.8 Å². The second-order valence-corrected chi connectivity index (χ2v) is 6.05. The number of anilines is 3. The van der Waals surface area contributed by atoms with Crippen LogP contribution in [0.5, 0.6) is 0 Å². The molecule has 6 nitrogen and oxygen atoms in total. The number of aromatic nitrogens is 1. The monoisotopic (exact) mass is 375 g/mol. The van der Waals surface area contributed by atoms with E-state index >= 15 is 0 Å². The summed E-state index contributed by atoms with van der Waals surface area (Å²) in [4.78, 5) is 30.3. The molecular weight excluding hydrogens is 354 g/mol. The third kappa shape index (κ3) is 4.54. The smallest absolute Gasteiger partial charge is 0.338 e. The summed E-state index contributed by atoms with van der Waals surface area (Å²) in [6, 6.07) is 19.9. The van der Waals surface area contributed by atoms with Crippen molar-refractivity contribution in [1.82, 2.24) is 4.98 Å². The van der Waals surface area contributed by atoms with Gasteiger partial charge in [-0.25, -0.2) is 9.78 Å². The van der Waals surface area contributed by atoms with E-state index in [0.717, 1.165) is 11.4 Å². The molecule has 0 spiro atoms. The fraction of sp³-hybridized carbons (Fsp3) is 0.136. The standard InChI is InChI=1S/C22H21N3O3/c1-3-28-22(27)16-9-11-17(12-10-16)24-21(26)20-14-13-19(15-23-20)25(2)18-7-5-4-6-8-18/h4-15H,3H2,1-2H3,(H,24,26). The van der Waals surface area contributed by atoms with Crippen LogP contribution >= 0.6 is 0 Å². The predicted octanol–water partition coefficient (Wildman–Crippen LogP) is 4.28. The van der Waals surface area contributed by atoms with Crippen LogP contribution in [-0.4, -0.2) is 30.5 Å². The zero-order valence-electron chi connectivity index (χ0n) is 15.8. The van der Waals surface area contributed by atoms with Gasteiger partial charge in [0, 0.05) is 18.4 Å². The highest BCUT2D eigenvalue weighted by Crippen LogP contribution is 2.22. The molecule has 2 aromatic carbocycles. The molecule has 6 heteroatoms. The molecule has 0 fully saturated rings. The van der Waals surface area contributed by atoms with E-state index in [1.165, 1.54) is 0 Å². The average Bonchev–Trinajstić information content (AvgIpc) is 2.74. The number of hydrogen-bond acceptors (Lipinski definition) is 5. The molecule has 0 bridgehead atoms. The van der Waals surface area contributed by atoms with Gasteiger partial charge >= 0.3 is 5.97 Å². The molecule has 1 aromatic heterocycles. The molecule has 1 N–H and O–H groups in total. The van der Waals surface area contributed by atoms with Crippen molar-refractivity contribution in [3.05, 3.63) is 84.2 Å². The third-order valence-electron chi connectivity index (χ3n) is 4.17. The van der Waals surface area contributed by atoms with E-state index in [9.17, 15) is 9.59 Å². The number of esters is 1. The first kappa shape index (κ1) is 19.1. The van der Waals surface area contributed by atoms with Crippen molar-refractivity contribution in [1.29, 1.82) is 0 Å². The van der Waals surface area contributed by atoms with Crippen LogP contribution in [0.25, 0.3) is 0 Å². The van der Waals surface area contributed by atoms with Gasteiger partial charge in [0.05, 0.1) is 24.1 Å². The lowest BCUT2D eigenvalue weighted by Gasteiger charge is -2.19. The van der Waals surface area contributed by atoms with Gasteiger partial charge in [0.15, 0.2) is 0 Å². The van der Waals surface area contributed by atoms with Gasteiger partial charge in [-0.15, -0.1) is 0 Å². The van der Waals surface area contributed by atoms with Gasteiger partial charge in [-0.05, 0) is 55.5 Å². The number of nitrogens with one attached hydrogen (secondary N) is 1. The topological polar surface area (TPSA) is 71.5 Å². The normalized spacial score (nSPS) is 10.2. The molecule has 0 radical (unpaired) electrons. The summed E-state index contributed by atoms with van der Waals surface area (Å²) in [5.74, 6) is -0.710. The second-order valence-electron chi connectivity index (χ2n) is 6.05. The Kier molecular flexibility index (Phi) is 6.01. The number of para-hydroxylation sites is 1. The van der Waals surface area contributed by atoms with Crippen LogP contribution in [0.15, 0.2) is 72.9 Å². The SMILES string of the molecule is CCOC(=O)c1ccc(NC(=O)c2ccc(N(C)c3ccccc3)cn2)cc1. The minimum absolute atomic E-state index is 0.305. The van der Waals surface area contributed by atoms with Crippen LogP contribution in [0.3, 0.4) is 0 Å². The number of pyridine rings is 1. The Morgan fingerprint density at radius 2 is 1.68 bits per heavy atom. The van der Waals surface area contributed by atoms with E-state index in [4.69, 9.17) is 4.74 Å². The first-order valence-corrected chi connectivity index (χ1v) is 8.92. The maximum absolute atomic E-state index is 12.4. The molecule has 0 atom stereocenters. The molecule has 0 aliphatic rings. The lowest BCUT2D eigenvalue weighted by atomic mass is 10.2. The van der Waals surface area contributed by atoms with E-state index in [-0.39, 0.29) is 11.9 Å². The maximum Gasteiger partial charge on any atom is 0.338 e. The molecule has 0 aliphatic carbocycles. The molecule has 0 saturated heterocycles. The van der Waals surface area contributed by atoms with Crippen molar-refractivity contribution in [2.75, 3.05) is 23.9 Å². The van der Waals surface area contributed by atoms with Crippen molar-refractivity contribution in [3.8, 4) is 0 Å². The van der Waals surface area contributed by atoms with Gasteiger partial charge in [0.1, 0.15) is 5.69 Å². The van der Waals surface area contributed by atoms with Crippen LogP contribution in [0.2, 0.25) is 0 Å². The van der Waals surface area contributed by atoms with Gasteiger partial charge in [0.25, 0.3) is 5.91 Å². The van der Waals surface area contributed by atoms with E-state index < -0.39 is 0 Å². The number of carbonyl (C=O) groups is 2. The van der Waals surface area contributed by atoms with Gasteiger partial charge in [-0.1, -0.05) is 18.2 Å². The molecule has 3 aromatic rings. The number of rotatable bonds is 6. The molecule has 1 amide bonds. The minimum Gasteiger partial charge on any atom is -0.462 e. The van der Waals surface area contributed by atoms with E-state index in [0.29, 0.717) is 23.6 Å². The molecule has 0 saturated carbocycles. The van der Waals surface area contributed by atoms with Crippen molar-refractivity contribution in [2.45, 2.75) is 6.92 Å². The lowest BCUT2D eigenvalue weighted by Crippen LogP contribution is -2.15. The fourth-order valence-electron chi connectivity index (χ4n) is 2.62. The Labute approximate surface area is 163 Å². The quantitative estimate of drug-likeness (QED) is 0.651. The maximum atomic E-state index is 12.4. The molecule has 142 valence electrons. The van der Waals surface area contributed by atoms with Gasteiger partial charge in [0.2, 0.25) is 0 Å². The number of nitrogens with zero attached hydrogens (tertiary/aromatic N) is 2. The Morgan fingerprint density at radius 3 is 2.29 bits per heavy atom. The summed E-state index contributed by atoms with van der Waals surface area (Å²) in [6.45, 7) is 2.07. The van der Waals surface area contributed by atoms with Crippen LogP contribution in [-0.2, 0) is 4.74 Å². The first-order valence-electron chi connectivity index (χ1n) is 8.92. The molecule has 28 heavy (non-hydrogen) atoms. The molecule has 3 rings (SSSR count). The molecule has 0 unspecified atom stereocenters.